The zero-order valence-electron chi connectivity index (χ0n) is 17.6. The average Bonchev–Trinajstić information content (AvgIpc) is 3.27. The molecule has 0 N–H and O–H groups in total. The van der Waals surface area contributed by atoms with E-state index in [4.69, 9.17) is 4.98 Å². The maximum atomic E-state index is 4.93. The van der Waals surface area contributed by atoms with Gasteiger partial charge in [0.25, 0.3) is 0 Å². The molecule has 0 amide bonds. The Labute approximate surface area is 180 Å². The van der Waals surface area contributed by atoms with Gasteiger partial charge in [-0.3, -0.25) is 14.4 Å². The SMILES string of the molecule is CCc1cccc(CC)c1-c1cnc2c3ccccc3c3cc4nccnc4cc3n12. The van der Waals surface area contributed by atoms with E-state index in [1.807, 2.05) is 6.20 Å². The van der Waals surface area contributed by atoms with Crippen molar-refractivity contribution >= 4 is 38.4 Å². The summed E-state index contributed by atoms with van der Waals surface area (Å²) >= 11 is 0. The molecular weight excluding hydrogens is 380 g/mol. The minimum atomic E-state index is 0.894. The van der Waals surface area contributed by atoms with Gasteiger partial charge < -0.3 is 0 Å². The second kappa shape index (κ2) is 6.88. The number of imidazole rings is 1. The van der Waals surface area contributed by atoms with Crippen molar-refractivity contribution < 1.29 is 0 Å². The zero-order chi connectivity index (χ0) is 20.9. The van der Waals surface area contributed by atoms with Gasteiger partial charge in [0, 0.05) is 28.7 Å². The largest absolute Gasteiger partial charge is 0.292 e. The van der Waals surface area contributed by atoms with Crippen molar-refractivity contribution in [1.29, 1.82) is 0 Å². The third kappa shape index (κ3) is 2.58. The Kier molecular flexibility index (Phi) is 4.00. The molecule has 6 rings (SSSR count). The molecule has 150 valence electrons. The molecule has 0 bridgehead atoms. The second-order valence-electron chi connectivity index (χ2n) is 7.92. The fraction of sp³-hybridized carbons (Fsp3) is 0.148. The van der Waals surface area contributed by atoms with E-state index >= 15 is 0 Å². The van der Waals surface area contributed by atoms with Crippen molar-refractivity contribution in [3.63, 3.8) is 0 Å². The molecular formula is C27H22N4. The fourth-order valence-corrected chi connectivity index (χ4v) is 4.85. The maximum absolute atomic E-state index is 4.93. The quantitative estimate of drug-likeness (QED) is 0.255. The Balaban J connectivity index is 1.86. The lowest BCUT2D eigenvalue weighted by Crippen LogP contribution is -1.99. The third-order valence-corrected chi connectivity index (χ3v) is 6.30. The molecule has 0 aliphatic carbocycles. The summed E-state index contributed by atoms with van der Waals surface area (Å²) < 4.78 is 2.32. The lowest BCUT2D eigenvalue weighted by molar-refractivity contribution is 1.08. The second-order valence-corrected chi connectivity index (χ2v) is 7.92. The zero-order valence-corrected chi connectivity index (χ0v) is 17.6. The van der Waals surface area contributed by atoms with Crippen LogP contribution in [0.4, 0.5) is 0 Å². The van der Waals surface area contributed by atoms with E-state index in [2.05, 4.69) is 82.8 Å². The Bertz CT molecular complexity index is 1590. The van der Waals surface area contributed by atoms with Crippen molar-refractivity contribution in [1.82, 2.24) is 19.4 Å². The molecule has 4 nitrogen and oxygen atoms in total. The van der Waals surface area contributed by atoms with Gasteiger partial charge in [-0.1, -0.05) is 56.3 Å². The van der Waals surface area contributed by atoms with Crippen molar-refractivity contribution in [3.05, 3.63) is 84.3 Å². The first-order valence-corrected chi connectivity index (χ1v) is 10.8. The summed E-state index contributed by atoms with van der Waals surface area (Å²) in [5.74, 6) is 0. The van der Waals surface area contributed by atoms with E-state index in [1.165, 1.54) is 27.5 Å². The molecule has 4 heteroatoms. The molecule has 6 aromatic rings. The highest BCUT2D eigenvalue weighted by Gasteiger charge is 2.18. The van der Waals surface area contributed by atoms with Gasteiger partial charge >= 0.3 is 0 Å². The number of fused-ring (bicyclic) bond motifs is 7. The summed E-state index contributed by atoms with van der Waals surface area (Å²) in [5, 5.41) is 3.51. The van der Waals surface area contributed by atoms with Gasteiger partial charge in [0.15, 0.2) is 0 Å². The average molecular weight is 403 g/mol. The van der Waals surface area contributed by atoms with Crippen molar-refractivity contribution in [2.75, 3.05) is 0 Å². The van der Waals surface area contributed by atoms with Crippen LogP contribution in [0.15, 0.2) is 73.2 Å². The van der Waals surface area contributed by atoms with Crippen LogP contribution in [0.3, 0.4) is 0 Å². The number of hydrogen-bond donors (Lipinski definition) is 0. The van der Waals surface area contributed by atoms with Gasteiger partial charge in [-0.05, 0) is 41.5 Å². The van der Waals surface area contributed by atoms with Crippen LogP contribution in [0, 0.1) is 0 Å². The highest BCUT2D eigenvalue weighted by molar-refractivity contribution is 6.14. The summed E-state index contributed by atoms with van der Waals surface area (Å²) in [6, 6.07) is 19.5. The lowest BCUT2D eigenvalue weighted by Gasteiger charge is -2.16. The number of hydrogen-bond acceptors (Lipinski definition) is 3. The summed E-state index contributed by atoms with van der Waals surface area (Å²) in [7, 11) is 0. The van der Waals surface area contributed by atoms with Crippen LogP contribution in [0.25, 0.3) is 49.6 Å². The number of rotatable bonds is 3. The third-order valence-electron chi connectivity index (χ3n) is 6.30. The van der Waals surface area contributed by atoms with Crippen molar-refractivity contribution in [2.45, 2.75) is 26.7 Å². The van der Waals surface area contributed by atoms with E-state index in [-0.39, 0.29) is 0 Å². The summed E-state index contributed by atoms with van der Waals surface area (Å²) in [6.45, 7) is 4.44. The molecule has 0 radical (unpaired) electrons. The first kappa shape index (κ1) is 18.0. The molecule has 0 saturated heterocycles. The number of nitrogens with zero attached hydrogens (tertiary/aromatic N) is 4. The van der Waals surface area contributed by atoms with E-state index < -0.39 is 0 Å². The Morgan fingerprint density at radius 3 is 2.10 bits per heavy atom. The highest BCUT2D eigenvalue weighted by Crippen LogP contribution is 2.36. The van der Waals surface area contributed by atoms with E-state index in [0.717, 1.165) is 46.1 Å². The first-order valence-electron chi connectivity index (χ1n) is 10.8. The monoisotopic (exact) mass is 402 g/mol. The molecule has 3 aromatic heterocycles. The standard InChI is InChI=1S/C27H22N4/c1-3-17-8-7-9-18(4-2)26(17)25-16-30-27-20-11-6-5-10-19(20)21-14-22-23(29-13-12-28-22)15-24(21)31(25)27/h5-16H,3-4H2,1-2H3. The lowest BCUT2D eigenvalue weighted by atomic mass is 9.95. The molecule has 0 atom stereocenters. The topological polar surface area (TPSA) is 43.1 Å². The smallest absolute Gasteiger partial charge is 0.145 e. The van der Waals surface area contributed by atoms with Gasteiger partial charge in [0.1, 0.15) is 5.65 Å². The van der Waals surface area contributed by atoms with E-state index in [9.17, 15) is 0 Å². The maximum Gasteiger partial charge on any atom is 0.145 e. The van der Waals surface area contributed by atoms with Gasteiger partial charge in [-0.25, -0.2) is 4.98 Å². The van der Waals surface area contributed by atoms with E-state index in [0.29, 0.717) is 0 Å². The molecule has 3 aromatic carbocycles. The van der Waals surface area contributed by atoms with Crippen LogP contribution in [0.5, 0.6) is 0 Å². The summed E-state index contributed by atoms with van der Waals surface area (Å²) in [4.78, 5) is 14.1. The van der Waals surface area contributed by atoms with Crippen LogP contribution >= 0.6 is 0 Å². The molecule has 0 fully saturated rings. The summed E-state index contributed by atoms with van der Waals surface area (Å²) in [6.07, 6.45) is 7.51. The van der Waals surface area contributed by atoms with Crippen LogP contribution in [0.2, 0.25) is 0 Å². The van der Waals surface area contributed by atoms with E-state index in [1.54, 1.807) is 12.4 Å². The molecule has 0 unspecified atom stereocenters. The molecule has 0 aliphatic rings. The van der Waals surface area contributed by atoms with Gasteiger partial charge in [0.05, 0.1) is 28.4 Å². The molecule has 0 spiro atoms. The van der Waals surface area contributed by atoms with Gasteiger partial charge in [-0.15, -0.1) is 0 Å². The van der Waals surface area contributed by atoms with Crippen molar-refractivity contribution in [3.8, 4) is 11.3 Å². The first-order chi connectivity index (χ1) is 15.3. The molecule has 0 saturated carbocycles. The minimum Gasteiger partial charge on any atom is -0.292 e. The number of aryl methyl sites for hydroxylation is 2. The molecule has 0 aliphatic heterocycles. The van der Waals surface area contributed by atoms with Crippen LogP contribution in [-0.4, -0.2) is 19.4 Å². The Hall–Kier alpha value is -3.79. The minimum absolute atomic E-state index is 0.894. The van der Waals surface area contributed by atoms with Crippen LogP contribution in [-0.2, 0) is 12.8 Å². The van der Waals surface area contributed by atoms with Gasteiger partial charge in [0.2, 0.25) is 0 Å². The van der Waals surface area contributed by atoms with Gasteiger partial charge in [-0.2, -0.15) is 0 Å². The fourth-order valence-electron chi connectivity index (χ4n) is 4.85. The number of aromatic nitrogens is 4. The van der Waals surface area contributed by atoms with Crippen LogP contribution in [0.1, 0.15) is 25.0 Å². The van der Waals surface area contributed by atoms with Crippen LogP contribution < -0.4 is 0 Å². The summed E-state index contributed by atoms with van der Waals surface area (Å²) in [5.41, 5.74) is 9.04. The Morgan fingerprint density at radius 2 is 1.39 bits per heavy atom. The predicted octanol–water partition coefficient (Wildman–Crippen LogP) is 6.38. The van der Waals surface area contributed by atoms with Crippen molar-refractivity contribution in [2.24, 2.45) is 0 Å². The predicted molar refractivity (Wildman–Crippen MR) is 127 cm³/mol. The number of benzene rings is 3. The number of pyridine rings is 1. The molecule has 3 heterocycles. The normalized spacial score (nSPS) is 11.8. The highest BCUT2D eigenvalue weighted by atomic mass is 15.0. The Morgan fingerprint density at radius 1 is 0.710 bits per heavy atom. The molecule has 31 heavy (non-hydrogen) atoms.